The van der Waals surface area contributed by atoms with Gasteiger partial charge in [-0.05, 0) is 44.0 Å². The Morgan fingerprint density at radius 2 is 1.96 bits per heavy atom. The van der Waals surface area contributed by atoms with Crippen LogP contribution in [0.3, 0.4) is 0 Å². The van der Waals surface area contributed by atoms with Crippen LogP contribution in [0.1, 0.15) is 36.5 Å². The van der Waals surface area contributed by atoms with Crippen LogP contribution in [0.2, 0.25) is 5.02 Å². The maximum Gasteiger partial charge on any atom is 0.251 e. The summed E-state index contributed by atoms with van der Waals surface area (Å²) in [5, 5.41) is 3.33. The molecule has 0 saturated carbocycles. The first-order valence-electron chi connectivity index (χ1n) is 8.36. The normalized spacial score (nSPS) is 18.7. The summed E-state index contributed by atoms with van der Waals surface area (Å²) in [4.78, 5) is 25.9. The van der Waals surface area contributed by atoms with Crippen LogP contribution in [0.5, 0.6) is 0 Å². The largest absolute Gasteiger partial charge is 0.352 e. The maximum atomic E-state index is 12.3. The summed E-state index contributed by atoms with van der Waals surface area (Å²) in [5.74, 6) is -0.0675. The van der Waals surface area contributed by atoms with Crippen molar-refractivity contribution in [1.82, 2.24) is 10.2 Å². The molecule has 0 spiro atoms. The van der Waals surface area contributed by atoms with Gasteiger partial charge in [0.15, 0.2) is 9.84 Å². The Bertz CT molecular complexity index is 719. The van der Waals surface area contributed by atoms with Gasteiger partial charge in [-0.1, -0.05) is 11.6 Å². The Hall–Kier alpha value is -1.60. The summed E-state index contributed by atoms with van der Waals surface area (Å²) in [6.07, 6.45) is 1.30. The molecule has 6 nitrogen and oxygen atoms in total. The van der Waals surface area contributed by atoms with Gasteiger partial charge in [-0.2, -0.15) is 0 Å². The molecule has 0 radical (unpaired) electrons. The Morgan fingerprint density at radius 1 is 1.28 bits per heavy atom. The zero-order chi connectivity index (χ0) is 18.4. The highest BCUT2D eigenvalue weighted by Gasteiger charge is 2.33. The minimum Gasteiger partial charge on any atom is -0.352 e. The van der Waals surface area contributed by atoms with E-state index in [2.05, 4.69) is 5.32 Å². The van der Waals surface area contributed by atoms with Crippen molar-refractivity contribution >= 4 is 33.3 Å². The molecule has 1 aromatic carbocycles. The molecule has 1 heterocycles. The topological polar surface area (TPSA) is 83.6 Å². The summed E-state index contributed by atoms with van der Waals surface area (Å²) >= 11 is 5.78. The van der Waals surface area contributed by atoms with E-state index in [0.29, 0.717) is 36.5 Å². The molecule has 1 fully saturated rings. The van der Waals surface area contributed by atoms with Crippen molar-refractivity contribution in [2.24, 2.45) is 0 Å². The van der Waals surface area contributed by atoms with E-state index < -0.39 is 9.84 Å². The van der Waals surface area contributed by atoms with E-state index >= 15 is 0 Å². The fraction of sp³-hybridized carbons (Fsp3) is 0.529. The van der Waals surface area contributed by atoms with Crippen molar-refractivity contribution in [3.8, 4) is 0 Å². The van der Waals surface area contributed by atoms with Crippen molar-refractivity contribution in [3.63, 3.8) is 0 Å². The zero-order valence-corrected chi connectivity index (χ0v) is 15.8. The number of nitrogens with zero attached hydrogens (tertiary/aromatic N) is 1. The van der Waals surface area contributed by atoms with Gasteiger partial charge in [0, 0.05) is 36.1 Å². The third-order valence-electron chi connectivity index (χ3n) is 4.27. The van der Waals surface area contributed by atoms with Crippen molar-refractivity contribution in [2.75, 3.05) is 24.6 Å². The number of carbonyl (C=O) groups excluding carboxylic acids is 2. The standard InChI is InChI=1S/C17H23ClN2O4S/c1-2-20(15-9-11-25(23,24)12-15)16(21)4-3-10-19-17(22)13-5-7-14(18)8-6-13/h5-8,15H,2-4,9-12H2,1H3,(H,19,22). The Morgan fingerprint density at radius 3 is 2.52 bits per heavy atom. The van der Waals surface area contributed by atoms with Crippen molar-refractivity contribution in [1.29, 1.82) is 0 Å². The van der Waals surface area contributed by atoms with Crippen LogP contribution >= 0.6 is 11.6 Å². The molecule has 138 valence electrons. The van der Waals surface area contributed by atoms with E-state index in [4.69, 9.17) is 11.6 Å². The van der Waals surface area contributed by atoms with Crippen molar-refractivity contribution < 1.29 is 18.0 Å². The third kappa shape index (κ3) is 5.71. The maximum absolute atomic E-state index is 12.3. The highest BCUT2D eigenvalue weighted by Crippen LogP contribution is 2.18. The molecule has 0 aliphatic carbocycles. The Labute approximate surface area is 153 Å². The average molecular weight is 387 g/mol. The van der Waals surface area contributed by atoms with Gasteiger partial charge in [0.25, 0.3) is 5.91 Å². The highest BCUT2D eigenvalue weighted by atomic mass is 35.5. The highest BCUT2D eigenvalue weighted by molar-refractivity contribution is 7.91. The van der Waals surface area contributed by atoms with E-state index in [-0.39, 0.29) is 35.8 Å². The molecule has 8 heteroatoms. The number of carbonyl (C=O) groups is 2. The quantitative estimate of drug-likeness (QED) is 0.725. The number of sulfone groups is 1. The average Bonchev–Trinajstić information content (AvgIpc) is 2.92. The third-order valence-corrected chi connectivity index (χ3v) is 6.27. The Kier molecular flexibility index (Phi) is 6.84. The van der Waals surface area contributed by atoms with Gasteiger partial charge in [0.2, 0.25) is 5.91 Å². The van der Waals surface area contributed by atoms with Gasteiger partial charge in [-0.25, -0.2) is 8.42 Å². The molecule has 1 aliphatic rings. The van der Waals surface area contributed by atoms with E-state index in [0.717, 1.165) is 0 Å². The predicted octanol–water partition coefficient (Wildman–Crippen LogP) is 1.89. The lowest BCUT2D eigenvalue weighted by molar-refractivity contribution is -0.132. The van der Waals surface area contributed by atoms with Crippen LogP contribution in [-0.4, -0.2) is 55.8 Å². The minimum absolute atomic E-state index is 0.0554. The smallest absolute Gasteiger partial charge is 0.251 e. The number of benzene rings is 1. The molecular formula is C17H23ClN2O4S. The summed E-state index contributed by atoms with van der Waals surface area (Å²) in [5.41, 5.74) is 0.516. The fourth-order valence-electron chi connectivity index (χ4n) is 2.95. The molecule has 1 saturated heterocycles. The molecule has 25 heavy (non-hydrogen) atoms. The lowest BCUT2D eigenvalue weighted by Crippen LogP contribution is -2.41. The molecule has 2 amide bonds. The summed E-state index contributed by atoms with van der Waals surface area (Å²) in [6.45, 7) is 2.73. The van der Waals surface area contributed by atoms with Gasteiger partial charge >= 0.3 is 0 Å². The van der Waals surface area contributed by atoms with Gasteiger partial charge in [-0.3, -0.25) is 9.59 Å². The second kappa shape index (κ2) is 8.67. The summed E-state index contributed by atoms with van der Waals surface area (Å²) in [6, 6.07) is 6.36. The van der Waals surface area contributed by atoms with Crippen LogP contribution in [-0.2, 0) is 14.6 Å². The number of hydrogen-bond acceptors (Lipinski definition) is 4. The summed E-state index contributed by atoms with van der Waals surface area (Å²) < 4.78 is 23.2. The Balaban J connectivity index is 1.75. The van der Waals surface area contributed by atoms with Crippen LogP contribution in [0.25, 0.3) is 0 Å². The summed E-state index contributed by atoms with van der Waals surface area (Å²) in [7, 11) is -3.01. The van der Waals surface area contributed by atoms with Gasteiger partial charge < -0.3 is 10.2 Å². The zero-order valence-electron chi connectivity index (χ0n) is 14.2. The first kappa shape index (κ1) is 19.7. The van der Waals surface area contributed by atoms with Crippen LogP contribution in [0.4, 0.5) is 0 Å². The molecule has 1 atom stereocenters. The van der Waals surface area contributed by atoms with E-state index in [1.807, 2.05) is 6.92 Å². The number of amides is 2. The van der Waals surface area contributed by atoms with Crippen molar-refractivity contribution in [3.05, 3.63) is 34.9 Å². The minimum atomic E-state index is -3.01. The fourth-order valence-corrected chi connectivity index (χ4v) is 4.80. The molecule has 1 aromatic rings. The second-order valence-corrected chi connectivity index (χ2v) is 8.77. The predicted molar refractivity (Wildman–Crippen MR) is 97.5 cm³/mol. The van der Waals surface area contributed by atoms with Gasteiger partial charge in [0.1, 0.15) is 0 Å². The molecule has 1 aliphatic heterocycles. The van der Waals surface area contributed by atoms with E-state index in [9.17, 15) is 18.0 Å². The molecular weight excluding hydrogens is 364 g/mol. The SMILES string of the molecule is CCN(C(=O)CCCNC(=O)c1ccc(Cl)cc1)C1CCS(=O)(=O)C1. The van der Waals surface area contributed by atoms with E-state index in [1.165, 1.54) is 0 Å². The van der Waals surface area contributed by atoms with Crippen LogP contribution in [0, 0.1) is 0 Å². The first-order chi connectivity index (χ1) is 11.8. The van der Waals surface area contributed by atoms with Gasteiger partial charge in [0.05, 0.1) is 11.5 Å². The molecule has 1 N–H and O–H groups in total. The van der Waals surface area contributed by atoms with Crippen LogP contribution in [0.15, 0.2) is 24.3 Å². The molecule has 0 bridgehead atoms. The molecule has 1 unspecified atom stereocenters. The number of halogens is 1. The van der Waals surface area contributed by atoms with Crippen molar-refractivity contribution in [2.45, 2.75) is 32.2 Å². The number of rotatable bonds is 7. The van der Waals surface area contributed by atoms with E-state index in [1.54, 1.807) is 29.2 Å². The second-order valence-electron chi connectivity index (χ2n) is 6.10. The number of nitrogens with one attached hydrogen (secondary N) is 1. The monoisotopic (exact) mass is 386 g/mol. The number of hydrogen-bond donors (Lipinski definition) is 1. The van der Waals surface area contributed by atoms with Crippen LogP contribution < -0.4 is 5.32 Å². The molecule has 2 rings (SSSR count). The molecule has 0 aromatic heterocycles. The lowest BCUT2D eigenvalue weighted by Gasteiger charge is -2.27. The first-order valence-corrected chi connectivity index (χ1v) is 10.6. The van der Waals surface area contributed by atoms with Gasteiger partial charge in [-0.15, -0.1) is 0 Å². The lowest BCUT2D eigenvalue weighted by atomic mass is 10.2.